The molecule has 0 radical (unpaired) electrons. The van der Waals surface area contributed by atoms with E-state index in [2.05, 4.69) is 31.7 Å². The average Bonchev–Trinajstić information content (AvgIpc) is 2.44. The van der Waals surface area contributed by atoms with Gasteiger partial charge in [-0.3, -0.25) is 4.79 Å². The molecule has 98 valence electrons. The second-order valence-corrected chi connectivity index (χ2v) is 4.83. The summed E-state index contributed by atoms with van der Waals surface area (Å²) in [6, 6.07) is 8.37. The number of nitrogens with one attached hydrogen (secondary N) is 2. The number of amides is 1. The topological polar surface area (TPSA) is 80.0 Å². The number of rotatable bonds is 3. The lowest BCUT2D eigenvalue weighted by Gasteiger charge is -2.09. The Labute approximate surface area is 123 Å². The number of halogens is 2. The average molecular weight is 342 g/mol. The van der Waals surface area contributed by atoms with E-state index in [4.69, 9.17) is 17.4 Å². The number of hydrogen-bond acceptors (Lipinski definition) is 4. The van der Waals surface area contributed by atoms with Gasteiger partial charge in [-0.25, -0.2) is 10.8 Å². The van der Waals surface area contributed by atoms with Crippen LogP contribution in [0.15, 0.2) is 41.0 Å². The van der Waals surface area contributed by atoms with E-state index in [9.17, 15) is 4.79 Å². The number of pyridine rings is 1. The number of aromatic nitrogens is 1. The van der Waals surface area contributed by atoms with Gasteiger partial charge in [-0.1, -0.05) is 17.7 Å². The molecule has 4 N–H and O–H groups in total. The van der Waals surface area contributed by atoms with E-state index < -0.39 is 0 Å². The van der Waals surface area contributed by atoms with Gasteiger partial charge in [0.25, 0.3) is 5.91 Å². The van der Waals surface area contributed by atoms with Crippen molar-refractivity contribution in [2.45, 2.75) is 0 Å². The Kier molecular flexibility index (Phi) is 4.36. The first-order valence-corrected chi connectivity index (χ1v) is 6.47. The zero-order chi connectivity index (χ0) is 13.8. The van der Waals surface area contributed by atoms with Gasteiger partial charge in [0.1, 0.15) is 5.82 Å². The second kappa shape index (κ2) is 6.01. The normalized spacial score (nSPS) is 10.1. The first kappa shape index (κ1) is 13.8. The molecular formula is C12H10BrClN4O. The van der Waals surface area contributed by atoms with Crippen LogP contribution in [-0.4, -0.2) is 10.9 Å². The predicted octanol–water partition coefficient (Wildman–Crippen LogP) is 3.04. The molecule has 0 atom stereocenters. The van der Waals surface area contributed by atoms with Gasteiger partial charge in [0.05, 0.1) is 15.2 Å². The maximum absolute atomic E-state index is 12.1. The summed E-state index contributed by atoms with van der Waals surface area (Å²) >= 11 is 9.27. The van der Waals surface area contributed by atoms with E-state index in [0.29, 0.717) is 26.6 Å². The van der Waals surface area contributed by atoms with Gasteiger partial charge in [0.15, 0.2) is 0 Å². The quantitative estimate of drug-likeness (QED) is 0.592. The molecule has 1 heterocycles. The molecule has 2 rings (SSSR count). The summed E-state index contributed by atoms with van der Waals surface area (Å²) in [5.41, 5.74) is 3.42. The molecule has 19 heavy (non-hydrogen) atoms. The van der Waals surface area contributed by atoms with E-state index in [1.165, 1.54) is 6.20 Å². The molecule has 2 aromatic rings. The molecule has 1 aromatic carbocycles. The van der Waals surface area contributed by atoms with Crippen molar-refractivity contribution in [3.05, 3.63) is 51.6 Å². The van der Waals surface area contributed by atoms with E-state index in [1.807, 2.05) is 0 Å². The Morgan fingerprint density at radius 2 is 2.16 bits per heavy atom. The molecule has 1 amide bonds. The minimum Gasteiger partial charge on any atom is -0.321 e. The minimum atomic E-state index is -0.276. The van der Waals surface area contributed by atoms with Gasteiger partial charge >= 0.3 is 0 Å². The third-order valence-corrected chi connectivity index (χ3v) is 3.77. The van der Waals surface area contributed by atoms with E-state index in [-0.39, 0.29) is 5.91 Å². The molecule has 5 nitrogen and oxygen atoms in total. The van der Waals surface area contributed by atoms with Gasteiger partial charge in [-0.05, 0) is 40.2 Å². The lowest BCUT2D eigenvalue weighted by atomic mass is 10.2. The van der Waals surface area contributed by atoms with Crippen LogP contribution in [-0.2, 0) is 0 Å². The van der Waals surface area contributed by atoms with Crippen LogP contribution in [0.2, 0.25) is 5.02 Å². The van der Waals surface area contributed by atoms with Crippen LogP contribution in [0.1, 0.15) is 10.4 Å². The van der Waals surface area contributed by atoms with Crippen LogP contribution >= 0.6 is 27.5 Å². The molecule has 0 spiro atoms. The molecule has 0 aliphatic heterocycles. The Morgan fingerprint density at radius 3 is 2.89 bits per heavy atom. The Balaban J connectivity index is 2.23. The molecular weight excluding hydrogens is 332 g/mol. The van der Waals surface area contributed by atoms with Crippen LogP contribution in [0, 0.1) is 0 Å². The number of hydrazine groups is 1. The fraction of sp³-hybridized carbons (Fsp3) is 0. The van der Waals surface area contributed by atoms with E-state index in [1.54, 1.807) is 30.3 Å². The monoisotopic (exact) mass is 340 g/mol. The Hall–Kier alpha value is -1.63. The van der Waals surface area contributed by atoms with Gasteiger partial charge < -0.3 is 10.7 Å². The van der Waals surface area contributed by atoms with Gasteiger partial charge in [0, 0.05) is 11.8 Å². The van der Waals surface area contributed by atoms with Crippen LogP contribution < -0.4 is 16.6 Å². The summed E-state index contributed by atoms with van der Waals surface area (Å²) in [5.74, 6) is 5.38. The SMILES string of the molecule is NNc1cc(C(=O)Nc2cccc(Cl)c2Br)ccn1. The molecule has 0 saturated carbocycles. The fourth-order valence-corrected chi connectivity index (χ4v) is 1.98. The van der Waals surface area contributed by atoms with Gasteiger partial charge in [-0.15, -0.1) is 0 Å². The Morgan fingerprint density at radius 1 is 1.37 bits per heavy atom. The zero-order valence-corrected chi connectivity index (χ0v) is 12.0. The van der Waals surface area contributed by atoms with Crippen LogP contribution in [0.4, 0.5) is 11.5 Å². The highest BCUT2D eigenvalue weighted by Gasteiger charge is 2.10. The fourth-order valence-electron chi connectivity index (χ4n) is 1.45. The van der Waals surface area contributed by atoms with Crippen molar-refractivity contribution >= 4 is 44.9 Å². The van der Waals surface area contributed by atoms with E-state index in [0.717, 1.165) is 0 Å². The van der Waals surface area contributed by atoms with Gasteiger partial charge in [0.2, 0.25) is 0 Å². The number of nitrogens with two attached hydrogens (primary N) is 1. The minimum absolute atomic E-state index is 0.276. The lowest BCUT2D eigenvalue weighted by Crippen LogP contribution is -2.14. The van der Waals surface area contributed by atoms with Crippen molar-refractivity contribution in [1.29, 1.82) is 0 Å². The van der Waals surface area contributed by atoms with Crippen LogP contribution in [0.25, 0.3) is 0 Å². The first-order valence-electron chi connectivity index (χ1n) is 5.30. The zero-order valence-electron chi connectivity index (χ0n) is 9.65. The maximum Gasteiger partial charge on any atom is 0.255 e. The lowest BCUT2D eigenvalue weighted by molar-refractivity contribution is 0.102. The molecule has 0 saturated heterocycles. The predicted molar refractivity (Wildman–Crippen MR) is 79.2 cm³/mol. The third-order valence-electron chi connectivity index (χ3n) is 2.37. The number of benzene rings is 1. The van der Waals surface area contributed by atoms with Crippen molar-refractivity contribution < 1.29 is 4.79 Å². The molecule has 0 aliphatic rings. The highest BCUT2D eigenvalue weighted by molar-refractivity contribution is 9.10. The third kappa shape index (κ3) is 3.23. The van der Waals surface area contributed by atoms with Crippen molar-refractivity contribution in [2.24, 2.45) is 5.84 Å². The first-order chi connectivity index (χ1) is 9.11. The second-order valence-electron chi connectivity index (χ2n) is 3.63. The molecule has 0 bridgehead atoms. The van der Waals surface area contributed by atoms with Crippen molar-refractivity contribution in [3.63, 3.8) is 0 Å². The molecule has 0 unspecified atom stereocenters. The molecule has 0 aliphatic carbocycles. The number of carbonyl (C=O) groups excluding carboxylic acids is 1. The maximum atomic E-state index is 12.1. The highest BCUT2D eigenvalue weighted by atomic mass is 79.9. The molecule has 7 heteroatoms. The Bertz CT molecular complexity index is 620. The largest absolute Gasteiger partial charge is 0.321 e. The summed E-state index contributed by atoms with van der Waals surface area (Å²) in [4.78, 5) is 16.0. The summed E-state index contributed by atoms with van der Waals surface area (Å²) in [5, 5.41) is 3.28. The number of nitrogen functional groups attached to an aromatic ring is 1. The molecule has 1 aromatic heterocycles. The van der Waals surface area contributed by atoms with Gasteiger partial charge in [-0.2, -0.15) is 0 Å². The molecule has 0 fully saturated rings. The van der Waals surface area contributed by atoms with Crippen molar-refractivity contribution in [2.75, 3.05) is 10.7 Å². The summed E-state index contributed by atoms with van der Waals surface area (Å²) in [7, 11) is 0. The smallest absolute Gasteiger partial charge is 0.255 e. The summed E-state index contributed by atoms with van der Waals surface area (Å²) < 4.78 is 0.635. The number of carbonyl (C=O) groups is 1. The van der Waals surface area contributed by atoms with Crippen LogP contribution in [0.5, 0.6) is 0 Å². The summed E-state index contributed by atoms with van der Waals surface area (Å²) in [6.07, 6.45) is 1.50. The van der Waals surface area contributed by atoms with E-state index >= 15 is 0 Å². The number of nitrogens with zero attached hydrogens (tertiary/aromatic N) is 1. The van der Waals surface area contributed by atoms with Crippen LogP contribution in [0.3, 0.4) is 0 Å². The highest BCUT2D eigenvalue weighted by Crippen LogP contribution is 2.30. The summed E-state index contributed by atoms with van der Waals surface area (Å²) in [6.45, 7) is 0. The number of anilines is 2. The van der Waals surface area contributed by atoms with Crippen molar-refractivity contribution in [1.82, 2.24) is 4.98 Å². The van der Waals surface area contributed by atoms with Crippen molar-refractivity contribution in [3.8, 4) is 0 Å². The number of hydrogen-bond donors (Lipinski definition) is 3. The standard InChI is InChI=1S/C12H10BrClN4O/c13-11-8(14)2-1-3-9(11)17-12(19)7-4-5-16-10(6-7)18-15/h1-6H,15H2,(H,16,18)(H,17,19).